The summed E-state index contributed by atoms with van der Waals surface area (Å²) in [5.74, 6) is 1.88. The van der Waals surface area contributed by atoms with Crippen molar-refractivity contribution in [3.8, 4) is 45.3 Å². The highest BCUT2D eigenvalue weighted by Crippen LogP contribution is 2.47. The first-order valence-corrected chi connectivity index (χ1v) is 17.0. The summed E-state index contributed by atoms with van der Waals surface area (Å²) in [5.41, 5.74) is 11.9. The van der Waals surface area contributed by atoms with Gasteiger partial charge in [0.25, 0.3) is 0 Å². The topological polar surface area (TPSA) is 55.1 Å². The number of allylic oxidation sites excluding steroid dienone is 2. The summed E-state index contributed by atoms with van der Waals surface area (Å²) >= 11 is 0. The second-order valence-electron chi connectivity index (χ2n) is 12.8. The molecule has 0 fully saturated rings. The number of anilines is 2. The van der Waals surface area contributed by atoms with Gasteiger partial charge in [-0.1, -0.05) is 115 Å². The summed E-state index contributed by atoms with van der Waals surface area (Å²) in [6.07, 6.45) is 7.70. The van der Waals surface area contributed by atoms with E-state index in [9.17, 15) is 0 Å². The summed E-state index contributed by atoms with van der Waals surface area (Å²) in [4.78, 5) is 17.6. The molecule has 1 aliphatic carbocycles. The molecule has 236 valence electrons. The predicted molar refractivity (Wildman–Crippen MR) is 203 cm³/mol. The summed E-state index contributed by atoms with van der Waals surface area (Å²) in [5, 5.41) is 2.11. The first kappa shape index (κ1) is 28.4. The minimum Gasteiger partial charge on any atom is -0.456 e. The van der Waals surface area contributed by atoms with Gasteiger partial charge in [-0.25, -0.2) is 15.0 Å². The molecule has 5 nitrogen and oxygen atoms in total. The van der Waals surface area contributed by atoms with E-state index >= 15 is 0 Å². The fourth-order valence-corrected chi connectivity index (χ4v) is 7.43. The Labute approximate surface area is 289 Å². The molecular formula is C45H30N4O. The van der Waals surface area contributed by atoms with Gasteiger partial charge in [0, 0.05) is 44.4 Å². The molecule has 0 saturated carbocycles. The number of furan rings is 1. The predicted octanol–water partition coefficient (Wildman–Crippen LogP) is 11.3. The summed E-state index contributed by atoms with van der Waals surface area (Å²) < 4.78 is 6.11. The van der Waals surface area contributed by atoms with Gasteiger partial charge < -0.3 is 9.32 Å². The smallest absolute Gasteiger partial charge is 0.164 e. The van der Waals surface area contributed by atoms with Crippen LogP contribution in [0.4, 0.5) is 11.4 Å². The maximum Gasteiger partial charge on any atom is 0.164 e. The minimum atomic E-state index is 0.290. The van der Waals surface area contributed by atoms with Crippen LogP contribution in [0.1, 0.15) is 12.0 Å². The summed E-state index contributed by atoms with van der Waals surface area (Å²) in [6.45, 7) is 0. The monoisotopic (exact) mass is 642 g/mol. The molecule has 0 saturated heterocycles. The lowest BCUT2D eigenvalue weighted by atomic mass is 9.96. The highest BCUT2D eigenvalue weighted by atomic mass is 16.3. The van der Waals surface area contributed by atoms with Crippen LogP contribution >= 0.6 is 0 Å². The normalized spacial score (nSPS) is 14.9. The third-order valence-corrected chi connectivity index (χ3v) is 9.80. The van der Waals surface area contributed by atoms with Crippen LogP contribution in [0.5, 0.6) is 0 Å². The van der Waals surface area contributed by atoms with E-state index in [1.54, 1.807) is 0 Å². The quantitative estimate of drug-likeness (QED) is 0.187. The van der Waals surface area contributed by atoms with Crippen LogP contribution in [0.3, 0.4) is 0 Å². The Morgan fingerprint density at radius 2 is 1.18 bits per heavy atom. The summed E-state index contributed by atoms with van der Waals surface area (Å²) in [7, 11) is 0. The van der Waals surface area contributed by atoms with E-state index in [1.807, 2.05) is 60.7 Å². The number of rotatable bonds is 5. The Bertz CT molecular complexity index is 2650. The van der Waals surface area contributed by atoms with Crippen LogP contribution in [0.15, 0.2) is 168 Å². The minimum absolute atomic E-state index is 0.290. The second kappa shape index (κ2) is 11.5. The Balaban J connectivity index is 1.07. The largest absolute Gasteiger partial charge is 0.456 e. The van der Waals surface area contributed by atoms with Gasteiger partial charge in [-0.3, -0.25) is 0 Å². The van der Waals surface area contributed by atoms with Gasteiger partial charge in [-0.2, -0.15) is 0 Å². The number of benzene rings is 6. The number of hydrogen-bond acceptors (Lipinski definition) is 5. The molecule has 1 aliphatic heterocycles. The zero-order chi connectivity index (χ0) is 33.0. The van der Waals surface area contributed by atoms with E-state index in [-0.39, 0.29) is 0 Å². The molecule has 8 aromatic rings. The fraction of sp³-hybridized carbons (Fsp3) is 0.0444. The summed E-state index contributed by atoms with van der Waals surface area (Å²) in [6, 6.07) is 50.8. The van der Waals surface area contributed by atoms with Crippen molar-refractivity contribution in [3.63, 3.8) is 0 Å². The molecule has 50 heavy (non-hydrogen) atoms. The highest BCUT2D eigenvalue weighted by molar-refractivity contribution is 6.06. The van der Waals surface area contributed by atoms with Crippen LogP contribution in [0.25, 0.3) is 72.8 Å². The molecule has 1 atom stereocenters. The van der Waals surface area contributed by atoms with Crippen LogP contribution in [-0.4, -0.2) is 21.0 Å². The molecule has 0 N–H and O–H groups in total. The molecule has 5 heteroatoms. The standard InChI is InChI=1S/C45H30N4O/c1-2-12-29(13-3-1)43-46-44(48-45(47-43)33-24-25-42-38(28-33)37-20-6-9-23-41(37)50-42)32-16-10-14-30(26-32)31-15-11-17-34(27-31)49-39-21-7-4-18-35(39)36-19-5-8-22-40(36)49/h1-21,23-28,40H,22H2. The third kappa shape index (κ3) is 4.74. The first-order chi connectivity index (χ1) is 24.8. The fourth-order valence-electron chi connectivity index (χ4n) is 7.43. The second-order valence-corrected chi connectivity index (χ2v) is 12.8. The van der Waals surface area contributed by atoms with Crippen molar-refractivity contribution >= 4 is 38.9 Å². The van der Waals surface area contributed by atoms with Crippen molar-refractivity contribution in [2.75, 3.05) is 4.90 Å². The highest BCUT2D eigenvalue weighted by Gasteiger charge is 2.34. The average Bonchev–Trinajstić information content (AvgIpc) is 3.74. The molecule has 2 aliphatic rings. The molecule has 2 aromatic heterocycles. The molecular weight excluding hydrogens is 613 g/mol. The number of fused-ring (bicyclic) bond motifs is 6. The zero-order valence-electron chi connectivity index (χ0n) is 27.1. The van der Waals surface area contributed by atoms with Gasteiger partial charge in [-0.05, 0) is 71.7 Å². The molecule has 10 rings (SSSR count). The van der Waals surface area contributed by atoms with Gasteiger partial charge in [0.05, 0.1) is 6.04 Å². The van der Waals surface area contributed by atoms with Crippen molar-refractivity contribution in [1.29, 1.82) is 0 Å². The van der Waals surface area contributed by atoms with Crippen molar-refractivity contribution in [2.45, 2.75) is 12.5 Å². The van der Waals surface area contributed by atoms with Crippen molar-refractivity contribution in [3.05, 3.63) is 169 Å². The number of hydrogen-bond donors (Lipinski definition) is 0. The van der Waals surface area contributed by atoms with Gasteiger partial charge >= 0.3 is 0 Å². The van der Waals surface area contributed by atoms with Crippen molar-refractivity contribution < 1.29 is 4.42 Å². The molecule has 0 bridgehead atoms. The Kier molecular flexibility index (Phi) is 6.56. The number of para-hydroxylation sites is 2. The molecule has 0 amide bonds. The zero-order valence-corrected chi connectivity index (χ0v) is 27.1. The van der Waals surface area contributed by atoms with Gasteiger partial charge in [0.1, 0.15) is 11.2 Å². The third-order valence-electron chi connectivity index (χ3n) is 9.80. The molecule has 0 spiro atoms. The maximum absolute atomic E-state index is 6.11. The van der Waals surface area contributed by atoms with Gasteiger partial charge in [0.15, 0.2) is 17.5 Å². The average molecular weight is 643 g/mol. The van der Waals surface area contributed by atoms with Crippen LogP contribution < -0.4 is 4.90 Å². The van der Waals surface area contributed by atoms with E-state index in [0.29, 0.717) is 23.5 Å². The maximum atomic E-state index is 6.11. The lowest BCUT2D eigenvalue weighted by Crippen LogP contribution is -2.27. The molecule has 6 aromatic carbocycles. The van der Waals surface area contributed by atoms with E-state index < -0.39 is 0 Å². The Hall–Kier alpha value is -6.59. The molecule has 0 radical (unpaired) electrons. The van der Waals surface area contributed by atoms with Crippen molar-refractivity contribution in [2.24, 2.45) is 0 Å². The number of nitrogens with zero attached hydrogens (tertiary/aromatic N) is 4. The Morgan fingerprint density at radius 1 is 0.520 bits per heavy atom. The van der Waals surface area contributed by atoms with Crippen LogP contribution in [0, 0.1) is 0 Å². The van der Waals surface area contributed by atoms with Gasteiger partial charge in [-0.15, -0.1) is 0 Å². The molecule has 1 unspecified atom stereocenters. The van der Waals surface area contributed by atoms with Crippen LogP contribution in [-0.2, 0) is 0 Å². The van der Waals surface area contributed by atoms with Crippen LogP contribution in [0.2, 0.25) is 0 Å². The van der Waals surface area contributed by atoms with E-state index in [4.69, 9.17) is 19.4 Å². The lowest BCUT2D eigenvalue weighted by Gasteiger charge is -2.29. The van der Waals surface area contributed by atoms with E-state index in [2.05, 4.69) is 108 Å². The molecule has 3 heterocycles. The Morgan fingerprint density at radius 3 is 2.06 bits per heavy atom. The first-order valence-electron chi connectivity index (χ1n) is 17.0. The SMILES string of the molecule is C1=CCC2C(=C1)c1ccccc1N2c1cccc(-c2cccc(-c3nc(-c4ccccc4)nc(-c4ccc5oc6ccccc6c5c4)n3)c2)c1. The van der Waals surface area contributed by atoms with E-state index in [1.165, 1.54) is 22.5 Å². The van der Waals surface area contributed by atoms with E-state index in [0.717, 1.165) is 56.2 Å². The van der Waals surface area contributed by atoms with Gasteiger partial charge in [0.2, 0.25) is 0 Å². The van der Waals surface area contributed by atoms with Crippen molar-refractivity contribution in [1.82, 2.24) is 15.0 Å². The lowest BCUT2D eigenvalue weighted by molar-refractivity contribution is 0.669. The number of aromatic nitrogens is 3.